The number of amides is 2. The van der Waals surface area contributed by atoms with Gasteiger partial charge in [0, 0.05) is 24.7 Å². The van der Waals surface area contributed by atoms with Crippen molar-refractivity contribution in [3.63, 3.8) is 0 Å². The van der Waals surface area contributed by atoms with E-state index in [0.29, 0.717) is 35.7 Å². The monoisotopic (exact) mass is 400 g/mol. The number of hydrogen-bond donors (Lipinski definition) is 1. The number of rotatable bonds is 5. The molecule has 1 aliphatic rings. The summed E-state index contributed by atoms with van der Waals surface area (Å²) in [5.74, 6) is 1.13. The van der Waals surface area contributed by atoms with Crippen LogP contribution in [-0.4, -0.2) is 35.8 Å². The first-order valence-corrected chi connectivity index (χ1v) is 10.2. The van der Waals surface area contributed by atoms with Crippen LogP contribution >= 0.6 is 0 Å². The number of piperidine rings is 1. The molecule has 0 spiro atoms. The Morgan fingerprint density at radius 3 is 2.10 bits per heavy atom. The minimum atomic E-state index is -0.0676. The summed E-state index contributed by atoms with van der Waals surface area (Å²) in [5, 5.41) is 3.08. The van der Waals surface area contributed by atoms with Crippen LogP contribution in [-0.2, 0) is 0 Å². The molecule has 4 rings (SSSR count). The van der Waals surface area contributed by atoms with E-state index in [1.165, 1.54) is 0 Å². The van der Waals surface area contributed by atoms with Gasteiger partial charge in [-0.2, -0.15) is 0 Å². The SMILES string of the molecule is O=C(NC1CCN(C(=O)c2ccccc2Oc2ccccc2)CC1)c1ccccc1. The molecular weight excluding hydrogens is 376 g/mol. The molecule has 152 valence electrons. The van der Waals surface area contributed by atoms with Gasteiger partial charge in [0.15, 0.2) is 0 Å². The maximum Gasteiger partial charge on any atom is 0.257 e. The van der Waals surface area contributed by atoms with Gasteiger partial charge in [-0.1, -0.05) is 48.5 Å². The number of hydrogen-bond acceptors (Lipinski definition) is 3. The quantitative estimate of drug-likeness (QED) is 0.685. The van der Waals surface area contributed by atoms with Gasteiger partial charge in [-0.3, -0.25) is 9.59 Å². The third kappa shape index (κ3) is 4.69. The molecule has 2 amide bonds. The van der Waals surface area contributed by atoms with Crippen molar-refractivity contribution in [2.75, 3.05) is 13.1 Å². The van der Waals surface area contributed by atoms with Crippen molar-refractivity contribution in [1.82, 2.24) is 10.2 Å². The highest BCUT2D eigenvalue weighted by Gasteiger charge is 2.26. The fourth-order valence-corrected chi connectivity index (χ4v) is 3.60. The smallest absolute Gasteiger partial charge is 0.257 e. The van der Waals surface area contributed by atoms with Gasteiger partial charge in [0.25, 0.3) is 11.8 Å². The lowest BCUT2D eigenvalue weighted by molar-refractivity contribution is 0.0695. The van der Waals surface area contributed by atoms with Crippen LogP contribution in [0.15, 0.2) is 84.9 Å². The second kappa shape index (κ2) is 9.27. The van der Waals surface area contributed by atoms with Crippen LogP contribution in [0.2, 0.25) is 0 Å². The van der Waals surface area contributed by atoms with Gasteiger partial charge in [-0.25, -0.2) is 0 Å². The number of carbonyl (C=O) groups excluding carboxylic acids is 2. The average molecular weight is 400 g/mol. The Balaban J connectivity index is 1.37. The second-order valence-corrected chi connectivity index (χ2v) is 7.32. The number of nitrogens with one attached hydrogen (secondary N) is 1. The minimum Gasteiger partial charge on any atom is -0.457 e. The molecule has 1 heterocycles. The predicted molar refractivity (Wildman–Crippen MR) is 116 cm³/mol. The van der Waals surface area contributed by atoms with E-state index in [-0.39, 0.29) is 17.9 Å². The molecule has 30 heavy (non-hydrogen) atoms. The third-order valence-corrected chi connectivity index (χ3v) is 5.24. The molecule has 1 fully saturated rings. The summed E-state index contributed by atoms with van der Waals surface area (Å²) in [7, 11) is 0. The van der Waals surface area contributed by atoms with E-state index in [4.69, 9.17) is 4.74 Å². The largest absolute Gasteiger partial charge is 0.457 e. The zero-order valence-corrected chi connectivity index (χ0v) is 16.7. The first kappa shape index (κ1) is 19.7. The van der Waals surface area contributed by atoms with Crippen LogP contribution < -0.4 is 10.1 Å². The molecule has 0 aromatic heterocycles. The Labute approximate surface area is 176 Å². The summed E-state index contributed by atoms with van der Waals surface area (Å²) in [6.45, 7) is 1.19. The van der Waals surface area contributed by atoms with Crippen molar-refractivity contribution in [2.24, 2.45) is 0 Å². The molecule has 5 heteroatoms. The van der Waals surface area contributed by atoms with Gasteiger partial charge in [0.2, 0.25) is 0 Å². The molecule has 3 aromatic rings. The summed E-state index contributed by atoms with van der Waals surface area (Å²) in [6, 6.07) is 26.0. The topological polar surface area (TPSA) is 58.6 Å². The van der Waals surface area contributed by atoms with Gasteiger partial charge in [-0.05, 0) is 49.2 Å². The first-order valence-electron chi connectivity index (χ1n) is 10.2. The summed E-state index contributed by atoms with van der Waals surface area (Å²) in [4.78, 5) is 27.3. The lowest BCUT2D eigenvalue weighted by Gasteiger charge is -2.32. The molecule has 1 N–H and O–H groups in total. The van der Waals surface area contributed by atoms with Crippen LogP contribution in [0.4, 0.5) is 0 Å². The molecule has 1 saturated heterocycles. The molecular formula is C25H24N2O3. The molecule has 0 saturated carbocycles. The van der Waals surface area contributed by atoms with Crippen molar-refractivity contribution in [1.29, 1.82) is 0 Å². The highest BCUT2D eigenvalue weighted by Crippen LogP contribution is 2.27. The standard InChI is InChI=1S/C25H24N2O3/c28-24(19-9-3-1-4-10-19)26-20-15-17-27(18-16-20)25(29)22-13-7-8-14-23(22)30-21-11-5-2-6-12-21/h1-14,20H,15-18H2,(H,26,28). The van der Waals surface area contributed by atoms with Gasteiger partial charge in [0.05, 0.1) is 5.56 Å². The molecule has 0 radical (unpaired) electrons. The fourth-order valence-electron chi connectivity index (χ4n) is 3.60. The molecule has 5 nitrogen and oxygen atoms in total. The lowest BCUT2D eigenvalue weighted by atomic mass is 10.0. The Hall–Kier alpha value is -3.60. The van der Waals surface area contributed by atoms with E-state index >= 15 is 0 Å². The van der Waals surface area contributed by atoms with E-state index in [1.54, 1.807) is 18.2 Å². The molecule has 0 atom stereocenters. The summed E-state index contributed by atoms with van der Waals surface area (Å²) < 4.78 is 5.94. The molecule has 0 aliphatic carbocycles. The van der Waals surface area contributed by atoms with E-state index < -0.39 is 0 Å². The van der Waals surface area contributed by atoms with Gasteiger partial charge >= 0.3 is 0 Å². The van der Waals surface area contributed by atoms with E-state index in [1.807, 2.05) is 71.6 Å². The normalized spacial score (nSPS) is 14.2. The van der Waals surface area contributed by atoms with Crippen molar-refractivity contribution in [2.45, 2.75) is 18.9 Å². The van der Waals surface area contributed by atoms with Crippen molar-refractivity contribution < 1.29 is 14.3 Å². The molecule has 0 unspecified atom stereocenters. The van der Waals surface area contributed by atoms with Gasteiger partial charge in [0.1, 0.15) is 11.5 Å². The summed E-state index contributed by atoms with van der Waals surface area (Å²) >= 11 is 0. The van der Waals surface area contributed by atoms with Crippen LogP contribution in [0.25, 0.3) is 0 Å². The Bertz CT molecular complexity index is 997. The zero-order valence-electron chi connectivity index (χ0n) is 16.7. The number of nitrogens with zero attached hydrogens (tertiary/aromatic N) is 1. The molecule has 1 aliphatic heterocycles. The second-order valence-electron chi connectivity index (χ2n) is 7.32. The Morgan fingerprint density at radius 2 is 1.40 bits per heavy atom. The number of likely N-dealkylation sites (tertiary alicyclic amines) is 1. The number of para-hydroxylation sites is 2. The van der Waals surface area contributed by atoms with Crippen LogP contribution in [0.5, 0.6) is 11.5 Å². The van der Waals surface area contributed by atoms with Gasteiger partial charge in [-0.15, -0.1) is 0 Å². The fraction of sp³-hybridized carbons (Fsp3) is 0.200. The Kier molecular flexibility index (Phi) is 6.09. The van der Waals surface area contributed by atoms with Crippen LogP contribution in [0.3, 0.4) is 0 Å². The van der Waals surface area contributed by atoms with Crippen LogP contribution in [0, 0.1) is 0 Å². The number of benzene rings is 3. The van der Waals surface area contributed by atoms with Crippen molar-refractivity contribution in [3.05, 3.63) is 96.1 Å². The Morgan fingerprint density at radius 1 is 0.800 bits per heavy atom. The average Bonchev–Trinajstić information content (AvgIpc) is 2.81. The lowest BCUT2D eigenvalue weighted by Crippen LogP contribution is -2.46. The third-order valence-electron chi connectivity index (χ3n) is 5.24. The predicted octanol–water partition coefficient (Wildman–Crippen LogP) is 4.51. The summed E-state index contributed by atoms with van der Waals surface area (Å²) in [5.41, 5.74) is 1.20. The van der Waals surface area contributed by atoms with Crippen LogP contribution in [0.1, 0.15) is 33.6 Å². The zero-order chi connectivity index (χ0) is 20.8. The number of ether oxygens (including phenoxy) is 1. The highest BCUT2D eigenvalue weighted by atomic mass is 16.5. The van der Waals surface area contributed by atoms with E-state index in [2.05, 4.69) is 5.32 Å². The molecule has 3 aromatic carbocycles. The maximum absolute atomic E-state index is 13.1. The van der Waals surface area contributed by atoms with E-state index in [0.717, 1.165) is 12.8 Å². The van der Waals surface area contributed by atoms with Gasteiger partial charge < -0.3 is 15.0 Å². The maximum atomic E-state index is 13.1. The first-order chi connectivity index (χ1) is 14.7. The summed E-state index contributed by atoms with van der Waals surface area (Å²) in [6.07, 6.45) is 1.46. The molecule has 0 bridgehead atoms. The minimum absolute atomic E-state index is 0.0469. The van der Waals surface area contributed by atoms with E-state index in [9.17, 15) is 9.59 Å². The van der Waals surface area contributed by atoms with Crippen molar-refractivity contribution in [3.8, 4) is 11.5 Å². The van der Waals surface area contributed by atoms with Crippen molar-refractivity contribution >= 4 is 11.8 Å². The number of carbonyl (C=O) groups is 2. The highest BCUT2D eigenvalue weighted by molar-refractivity contribution is 5.97.